The molecule has 0 fully saturated rings. The summed E-state index contributed by atoms with van der Waals surface area (Å²) in [4.78, 5) is 0. The van der Waals surface area contributed by atoms with Crippen molar-refractivity contribution in [1.82, 2.24) is 5.32 Å². The number of hydrogen-bond acceptors (Lipinski definition) is 3. The van der Waals surface area contributed by atoms with E-state index >= 15 is 0 Å². The van der Waals surface area contributed by atoms with Crippen LogP contribution in [0.3, 0.4) is 0 Å². The Morgan fingerprint density at radius 3 is 2.41 bits per heavy atom. The van der Waals surface area contributed by atoms with E-state index in [-0.39, 0.29) is 11.8 Å². The van der Waals surface area contributed by atoms with Crippen molar-refractivity contribution in [3.63, 3.8) is 0 Å². The molecule has 0 spiro atoms. The number of rotatable bonds is 6. The van der Waals surface area contributed by atoms with Crippen LogP contribution in [0.25, 0.3) is 0 Å². The average molecular weight is 276 g/mol. The average Bonchev–Trinajstić information content (AvgIpc) is 2.24. The van der Waals surface area contributed by atoms with Crippen LogP contribution in [0, 0.1) is 0 Å². The molecule has 96 valence electrons. The van der Waals surface area contributed by atoms with Crippen molar-refractivity contribution in [2.24, 2.45) is 0 Å². The van der Waals surface area contributed by atoms with Crippen molar-refractivity contribution in [3.8, 4) is 0 Å². The molecule has 0 heterocycles. The Kier molecular flexibility index (Phi) is 5.43. The molecule has 0 bridgehead atoms. The predicted octanol–water partition coefficient (Wildman–Crippen LogP) is 2.43. The minimum Gasteiger partial charge on any atom is -0.310 e. The maximum atomic E-state index is 10.9. The largest absolute Gasteiger partial charge is 0.310 e. The summed E-state index contributed by atoms with van der Waals surface area (Å²) in [5.41, 5.74) is 1.15. The standard InChI is InChI=1S/C12H18ClNO2S/c1-10(11-4-6-12(13)7-5-11)14-8-3-9-17(2,15)16/h4-7,10,14H,3,8-9H2,1-2H3/t10-/m0/s1. The van der Waals surface area contributed by atoms with E-state index in [9.17, 15) is 8.42 Å². The molecule has 0 radical (unpaired) electrons. The molecule has 1 aromatic rings. The van der Waals surface area contributed by atoms with Crippen molar-refractivity contribution in [2.75, 3.05) is 18.6 Å². The van der Waals surface area contributed by atoms with Gasteiger partial charge in [-0.1, -0.05) is 23.7 Å². The number of benzene rings is 1. The van der Waals surface area contributed by atoms with Crippen LogP contribution < -0.4 is 5.32 Å². The van der Waals surface area contributed by atoms with Gasteiger partial charge in [0.05, 0.1) is 5.75 Å². The molecule has 0 aliphatic carbocycles. The highest BCUT2D eigenvalue weighted by atomic mass is 35.5. The molecule has 0 aromatic heterocycles. The van der Waals surface area contributed by atoms with Gasteiger partial charge in [-0.05, 0) is 37.6 Å². The van der Waals surface area contributed by atoms with Gasteiger partial charge in [-0.3, -0.25) is 0 Å². The van der Waals surface area contributed by atoms with E-state index in [1.807, 2.05) is 31.2 Å². The van der Waals surface area contributed by atoms with Gasteiger partial charge < -0.3 is 5.32 Å². The van der Waals surface area contributed by atoms with E-state index in [0.717, 1.165) is 10.6 Å². The zero-order valence-corrected chi connectivity index (χ0v) is 11.7. The van der Waals surface area contributed by atoms with Crippen molar-refractivity contribution in [2.45, 2.75) is 19.4 Å². The first-order valence-corrected chi connectivity index (χ1v) is 7.99. The smallest absolute Gasteiger partial charge is 0.147 e. The fourth-order valence-corrected chi connectivity index (χ4v) is 2.32. The number of halogens is 1. The lowest BCUT2D eigenvalue weighted by molar-refractivity contribution is 0.562. The molecule has 1 aromatic carbocycles. The van der Waals surface area contributed by atoms with Crippen molar-refractivity contribution < 1.29 is 8.42 Å². The van der Waals surface area contributed by atoms with E-state index in [0.29, 0.717) is 13.0 Å². The monoisotopic (exact) mass is 275 g/mol. The first kappa shape index (κ1) is 14.5. The molecule has 0 unspecified atom stereocenters. The molecule has 0 amide bonds. The Labute approximate surface area is 108 Å². The van der Waals surface area contributed by atoms with Crippen LogP contribution in [0.15, 0.2) is 24.3 Å². The van der Waals surface area contributed by atoms with Gasteiger partial charge in [0.2, 0.25) is 0 Å². The summed E-state index contributed by atoms with van der Waals surface area (Å²) in [6, 6.07) is 7.84. The Balaban J connectivity index is 2.35. The lowest BCUT2D eigenvalue weighted by Gasteiger charge is -2.14. The summed E-state index contributed by atoms with van der Waals surface area (Å²) in [5.74, 6) is 0.230. The van der Waals surface area contributed by atoms with Crippen LogP contribution in [0.4, 0.5) is 0 Å². The SMILES string of the molecule is C[C@H](NCCCS(C)(=O)=O)c1ccc(Cl)cc1. The molecule has 1 rings (SSSR count). The van der Waals surface area contributed by atoms with Gasteiger partial charge in [0, 0.05) is 17.3 Å². The van der Waals surface area contributed by atoms with Crippen LogP contribution in [0.1, 0.15) is 24.9 Å². The molecule has 5 heteroatoms. The van der Waals surface area contributed by atoms with Crippen molar-refractivity contribution in [3.05, 3.63) is 34.9 Å². The Morgan fingerprint density at radius 2 is 1.88 bits per heavy atom. The third-order valence-corrected chi connectivity index (χ3v) is 3.79. The van der Waals surface area contributed by atoms with E-state index in [1.54, 1.807) is 0 Å². The number of hydrogen-bond donors (Lipinski definition) is 1. The van der Waals surface area contributed by atoms with Gasteiger partial charge in [0.25, 0.3) is 0 Å². The van der Waals surface area contributed by atoms with Crippen LogP contribution in [0.5, 0.6) is 0 Å². The Hall–Kier alpha value is -0.580. The maximum Gasteiger partial charge on any atom is 0.147 e. The highest BCUT2D eigenvalue weighted by Crippen LogP contribution is 2.15. The minimum absolute atomic E-state index is 0.201. The second-order valence-corrected chi connectivity index (χ2v) is 6.91. The minimum atomic E-state index is -2.85. The van der Waals surface area contributed by atoms with Gasteiger partial charge in [-0.2, -0.15) is 0 Å². The molecular formula is C12H18ClNO2S. The van der Waals surface area contributed by atoms with Crippen LogP contribution in [0.2, 0.25) is 5.02 Å². The van der Waals surface area contributed by atoms with Gasteiger partial charge >= 0.3 is 0 Å². The third kappa shape index (κ3) is 6.05. The first-order chi connectivity index (χ1) is 7.88. The van der Waals surface area contributed by atoms with Crippen LogP contribution in [-0.2, 0) is 9.84 Å². The van der Waals surface area contributed by atoms with Gasteiger partial charge in [0.1, 0.15) is 9.84 Å². The maximum absolute atomic E-state index is 10.9. The van der Waals surface area contributed by atoms with Crippen molar-refractivity contribution >= 4 is 21.4 Å². The summed E-state index contributed by atoms with van der Waals surface area (Å²) in [5, 5.41) is 4.00. The predicted molar refractivity (Wildman–Crippen MR) is 72.2 cm³/mol. The van der Waals surface area contributed by atoms with Crippen molar-refractivity contribution in [1.29, 1.82) is 0 Å². The van der Waals surface area contributed by atoms with Gasteiger partial charge in [0.15, 0.2) is 0 Å². The quantitative estimate of drug-likeness (QED) is 0.811. The lowest BCUT2D eigenvalue weighted by atomic mass is 10.1. The number of nitrogens with one attached hydrogen (secondary N) is 1. The molecule has 0 aliphatic rings. The Bertz CT molecular complexity index is 442. The molecule has 1 atom stereocenters. The summed E-state index contributed by atoms with van der Waals surface area (Å²) in [6.07, 6.45) is 1.90. The Morgan fingerprint density at radius 1 is 1.29 bits per heavy atom. The normalized spacial score (nSPS) is 13.6. The fraction of sp³-hybridized carbons (Fsp3) is 0.500. The highest BCUT2D eigenvalue weighted by molar-refractivity contribution is 7.90. The molecule has 17 heavy (non-hydrogen) atoms. The second kappa shape index (κ2) is 6.38. The first-order valence-electron chi connectivity index (χ1n) is 5.55. The fourth-order valence-electron chi connectivity index (χ4n) is 1.52. The summed E-state index contributed by atoms with van der Waals surface area (Å²) < 4.78 is 21.9. The summed E-state index contributed by atoms with van der Waals surface area (Å²) in [7, 11) is -2.85. The topological polar surface area (TPSA) is 46.2 Å². The second-order valence-electron chi connectivity index (χ2n) is 4.21. The summed E-state index contributed by atoms with van der Waals surface area (Å²) >= 11 is 5.81. The van der Waals surface area contributed by atoms with Gasteiger partial charge in [-0.15, -0.1) is 0 Å². The van der Waals surface area contributed by atoms with Crippen LogP contribution in [-0.4, -0.2) is 27.0 Å². The zero-order valence-electron chi connectivity index (χ0n) is 10.1. The van der Waals surface area contributed by atoms with E-state index in [1.165, 1.54) is 6.26 Å². The summed E-state index contributed by atoms with van der Waals surface area (Å²) in [6.45, 7) is 2.74. The van der Waals surface area contributed by atoms with E-state index < -0.39 is 9.84 Å². The van der Waals surface area contributed by atoms with Gasteiger partial charge in [-0.25, -0.2) is 8.42 Å². The molecule has 3 nitrogen and oxygen atoms in total. The molecular weight excluding hydrogens is 258 g/mol. The molecule has 0 aliphatic heterocycles. The molecule has 1 N–H and O–H groups in total. The highest BCUT2D eigenvalue weighted by Gasteiger charge is 2.05. The van der Waals surface area contributed by atoms with Crippen LogP contribution >= 0.6 is 11.6 Å². The van der Waals surface area contributed by atoms with E-state index in [4.69, 9.17) is 11.6 Å². The lowest BCUT2D eigenvalue weighted by Crippen LogP contribution is -2.21. The number of sulfone groups is 1. The third-order valence-electron chi connectivity index (χ3n) is 2.51. The molecule has 0 saturated carbocycles. The zero-order chi connectivity index (χ0) is 12.9. The molecule has 0 saturated heterocycles. The van der Waals surface area contributed by atoms with E-state index in [2.05, 4.69) is 5.32 Å².